The van der Waals surface area contributed by atoms with Gasteiger partial charge in [-0.2, -0.15) is 0 Å². The summed E-state index contributed by atoms with van der Waals surface area (Å²) in [6.45, 7) is 10.6. The summed E-state index contributed by atoms with van der Waals surface area (Å²) < 4.78 is 1.93. The summed E-state index contributed by atoms with van der Waals surface area (Å²) in [5.74, 6) is 0.0828. The summed E-state index contributed by atoms with van der Waals surface area (Å²) in [4.78, 5) is 11.7. The van der Waals surface area contributed by atoms with E-state index in [9.17, 15) is 4.79 Å². The van der Waals surface area contributed by atoms with Crippen LogP contribution in [0.15, 0.2) is 18.5 Å². The van der Waals surface area contributed by atoms with Gasteiger partial charge in [-0.25, -0.2) is 0 Å². The molecule has 0 fully saturated rings. The van der Waals surface area contributed by atoms with Gasteiger partial charge in [0.1, 0.15) is 6.54 Å². The van der Waals surface area contributed by atoms with E-state index in [1.54, 1.807) is 0 Å². The van der Waals surface area contributed by atoms with Gasteiger partial charge in [0.15, 0.2) is 0 Å². The lowest BCUT2D eigenvalue weighted by molar-refractivity contribution is -0.121. The summed E-state index contributed by atoms with van der Waals surface area (Å²) in [6, 6.07) is 2.05. The number of nitrogens with one attached hydrogen (secondary N) is 2. The maximum absolute atomic E-state index is 11.7. The van der Waals surface area contributed by atoms with Gasteiger partial charge < -0.3 is 15.2 Å². The number of amides is 1. The fraction of sp³-hybridized carbons (Fsp3) is 0.667. The largest absolute Gasteiger partial charge is 0.355 e. The quantitative estimate of drug-likeness (QED) is 0.743. The molecule has 0 aliphatic heterocycles. The second kappa shape index (κ2) is 7.34. The number of aromatic nitrogens is 1. The number of rotatable bonds is 7. The Bertz CT molecular complexity index is 390. The molecule has 0 aliphatic rings. The molecule has 0 bridgehead atoms. The molecule has 0 atom stereocenters. The van der Waals surface area contributed by atoms with Gasteiger partial charge in [0.05, 0.1) is 0 Å². The molecule has 0 aliphatic carbocycles. The molecule has 0 unspecified atom stereocenters. The molecule has 2 N–H and O–H groups in total. The van der Waals surface area contributed by atoms with E-state index in [4.69, 9.17) is 0 Å². The van der Waals surface area contributed by atoms with E-state index in [0.717, 1.165) is 25.9 Å². The van der Waals surface area contributed by atoms with Crippen LogP contribution in [0.4, 0.5) is 0 Å². The molecular weight excluding hydrogens is 238 g/mol. The molecule has 4 heteroatoms. The molecule has 19 heavy (non-hydrogen) atoms. The van der Waals surface area contributed by atoms with Crippen molar-refractivity contribution in [3.05, 3.63) is 24.0 Å². The zero-order valence-electron chi connectivity index (χ0n) is 12.6. The predicted octanol–water partition coefficient (Wildman–Crippen LogP) is 2.29. The van der Waals surface area contributed by atoms with Crippen LogP contribution >= 0.6 is 0 Å². The van der Waals surface area contributed by atoms with E-state index in [1.165, 1.54) is 5.56 Å². The number of hydrogen-bond acceptors (Lipinski definition) is 2. The molecular formula is C15H27N3O. The Labute approximate surface area is 116 Å². The highest BCUT2D eigenvalue weighted by Gasteiger charge is 2.09. The van der Waals surface area contributed by atoms with E-state index < -0.39 is 0 Å². The first kappa shape index (κ1) is 15.8. The Balaban J connectivity index is 2.36. The number of carbonyl (C=O) groups is 1. The average Bonchev–Trinajstić information content (AvgIpc) is 2.73. The maximum Gasteiger partial charge on any atom is 0.239 e. The Hall–Kier alpha value is -1.29. The zero-order valence-corrected chi connectivity index (χ0v) is 12.6. The van der Waals surface area contributed by atoms with Crippen LogP contribution in [0.2, 0.25) is 0 Å². The van der Waals surface area contributed by atoms with Crippen LogP contribution in [-0.2, 0) is 17.9 Å². The van der Waals surface area contributed by atoms with E-state index in [1.807, 2.05) is 17.0 Å². The minimum atomic E-state index is 0.0828. The van der Waals surface area contributed by atoms with Crippen molar-refractivity contribution in [1.29, 1.82) is 0 Å². The second-order valence-electron chi connectivity index (χ2n) is 6.00. The Morgan fingerprint density at radius 3 is 2.74 bits per heavy atom. The smallest absolute Gasteiger partial charge is 0.239 e. The molecule has 108 valence electrons. The van der Waals surface area contributed by atoms with Gasteiger partial charge in [0, 0.05) is 31.0 Å². The highest BCUT2D eigenvalue weighted by Crippen LogP contribution is 2.05. The first-order chi connectivity index (χ1) is 8.90. The number of nitrogens with zero attached hydrogens (tertiary/aromatic N) is 1. The third-order valence-electron chi connectivity index (χ3n) is 2.81. The Kier molecular flexibility index (Phi) is 6.09. The predicted molar refractivity (Wildman–Crippen MR) is 78.9 cm³/mol. The van der Waals surface area contributed by atoms with Crippen LogP contribution in [0, 0.1) is 0 Å². The first-order valence-electron chi connectivity index (χ1n) is 7.07. The second-order valence-corrected chi connectivity index (χ2v) is 6.00. The molecule has 1 aromatic heterocycles. The third-order valence-corrected chi connectivity index (χ3v) is 2.81. The number of carbonyl (C=O) groups excluding carboxylic acids is 1. The van der Waals surface area contributed by atoms with Crippen molar-refractivity contribution >= 4 is 5.91 Å². The fourth-order valence-electron chi connectivity index (χ4n) is 1.69. The standard InChI is InChI=1S/C15H27N3O/c1-5-6-8-16-14(19)12-18-9-7-13(11-18)10-17-15(2,3)4/h7,9,11,17H,5-6,8,10,12H2,1-4H3,(H,16,19). The molecule has 0 saturated carbocycles. The summed E-state index contributed by atoms with van der Waals surface area (Å²) >= 11 is 0. The normalized spacial score (nSPS) is 11.6. The molecule has 0 saturated heterocycles. The van der Waals surface area contributed by atoms with E-state index in [-0.39, 0.29) is 11.4 Å². The van der Waals surface area contributed by atoms with Crippen molar-refractivity contribution in [2.75, 3.05) is 6.54 Å². The van der Waals surface area contributed by atoms with Crippen molar-refractivity contribution in [3.8, 4) is 0 Å². The van der Waals surface area contributed by atoms with E-state index >= 15 is 0 Å². The molecule has 1 aromatic rings. The summed E-state index contributed by atoms with van der Waals surface area (Å²) in [7, 11) is 0. The summed E-state index contributed by atoms with van der Waals surface area (Å²) in [5.41, 5.74) is 1.32. The molecule has 4 nitrogen and oxygen atoms in total. The Morgan fingerprint density at radius 1 is 1.37 bits per heavy atom. The molecule has 0 spiro atoms. The number of hydrogen-bond donors (Lipinski definition) is 2. The van der Waals surface area contributed by atoms with Crippen LogP contribution in [0.1, 0.15) is 46.1 Å². The number of unbranched alkanes of at least 4 members (excludes halogenated alkanes) is 1. The molecule has 1 amide bonds. The summed E-state index contributed by atoms with van der Waals surface area (Å²) in [6.07, 6.45) is 6.13. The minimum absolute atomic E-state index is 0.0828. The van der Waals surface area contributed by atoms with Gasteiger partial charge in [-0.3, -0.25) is 4.79 Å². The zero-order chi connectivity index (χ0) is 14.3. The van der Waals surface area contributed by atoms with Gasteiger partial charge in [-0.1, -0.05) is 13.3 Å². The molecule has 0 radical (unpaired) electrons. The third kappa shape index (κ3) is 7.01. The van der Waals surface area contributed by atoms with Gasteiger partial charge in [-0.15, -0.1) is 0 Å². The van der Waals surface area contributed by atoms with Gasteiger partial charge >= 0.3 is 0 Å². The van der Waals surface area contributed by atoms with Gasteiger partial charge in [-0.05, 0) is 38.8 Å². The van der Waals surface area contributed by atoms with Crippen LogP contribution in [0.25, 0.3) is 0 Å². The van der Waals surface area contributed by atoms with Crippen LogP contribution in [0.5, 0.6) is 0 Å². The van der Waals surface area contributed by atoms with Crippen molar-refractivity contribution < 1.29 is 4.79 Å². The van der Waals surface area contributed by atoms with Crippen molar-refractivity contribution in [2.45, 2.75) is 59.2 Å². The lowest BCUT2D eigenvalue weighted by Crippen LogP contribution is -2.34. The fourth-order valence-corrected chi connectivity index (χ4v) is 1.69. The van der Waals surface area contributed by atoms with Crippen molar-refractivity contribution in [1.82, 2.24) is 15.2 Å². The topological polar surface area (TPSA) is 46.1 Å². The van der Waals surface area contributed by atoms with E-state index in [2.05, 4.69) is 44.4 Å². The SMILES string of the molecule is CCCCNC(=O)Cn1ccc(CNC(C)(C)C)c1. The summed E-state index contributed by atoms with van der Waals surface area (Å²) in [5, 5.41) is 6.35. The van der Waals surface area contributed by atoms with Crippen molar-refractivity contribution in [2.24, 2.45) is 0 Å². The van der Waals surface area contributed by atoms with E-state index in [0.29, 0.717) is 6.54 Å². The molecule has 1 heterocycles. The monoisotopic (exact) mass is 265 g/mol. The molecule has 1 rings (SSSR count). The van der Waals surface area contributed by atoms with Gasteiger partial charge in [0.2, 0.25) is 5.91 Å². The average molecular weight is 265 g/mol. The first-order valence-corrected chi connectivity index (χ1v) is 7.07. The highest BCUT2D eigenvalue weighted by molar-refractivity contribution is 5.75. The van der Waals surface area contributed by atoms with Crippen LogP contribution in [0.3, 0.4) is 0 Å². The minimum Gasteiger partial charge on any atom is -0.355 e. The maximum atomic E-state index is 11.7. The lowest BCUT2D eigenvalue weighted by atomic mass is 10.1. The van der Waals surface area contributed by atoms with Gasteiger partial charge in [0.25, 0.3) is 0 Å². The Morgan fingerprint density at radius 2 is 2.11 bits per heavy atom. The van der Waals surface area contributed by atoms with Crippen LogP contribution < -0.4 is 10.6 Å². The lowest BCUT2D eigenvalue weighted by Gasteiger charge is -2.19. The van der Waals surface area contributed by atoms with Crippen molar-refractivity contribution in [3.63, 3.8) is 0 Å². The van der Waals surface area contributed by atoms with Crippen LogP contribution in [-0.4, -0.2) is 22.6 Å². The highest BCUT2D eigenvalue weighted by atomic mass is 16.1. The molecule has 0 aromatic carbocycles.